The summed E-state index contributed by atoms with van der Waals surface area (Å²) in [5.41, 5.74) is 0.716. The molecule has 0 N–H and O–H groups in total. The minimum absolute atomic E-state index is 0.110. The van der Waals surface area contributed by atoms with Gasteiger partial charge in [0.25, 0.3) is 5.91 Å². The Kier molecular flexibility index (Phi) is 4.80. The molecule has 1 aromatic rings. The van der Waals surface area contributed by atoms with Gasteiger partial charge < -0.3 is 14.4 Å². The zero-order valence-electron chi connectivity index (χ0n) is 12.0. The van der Waals surface area contributed by atoms with Crippen LogP contribution in [0.1, 0.15) is 36.0 Å². The van der Waals surface area contributed by atoms with Crippen LogP contribution in [-0.4, -0.2) is 43.2 Å². The minimum atomic E-state index is 0.110. The molecule has 2 aliphatic heterocycles. The first-order valence-electron chi connectivity index (χ1n) is 7.57. The summed E-state index contributed by atoms with van der Waals surface area (Å²) in [6.45, 7) is 3.14. The van der Waals surface area contributed by atoms with Crippen LogP contribution in [0.2, 0.25) is 0 Å². The molecule has 1 unspecified atom stereocenters. The van der Waals surface area contributed by atoms with Crippen LogP contribution in [0.4, 0.5) is 0 Å². The average molecular weight is 354 g/mol. The number of amides is 1. The maximum atomic E-state index is 12.3. The van der Waals surface area contributed by atoms with Crippen LogP contribution < -0.4 is 4.74 Å². The van der Waals surface area contributed by atoms with Gasteiger partial charge in [-0.15, -0.1) is 0 Å². The molecular weight excluding hydrogens is 334 g/mol. The SMILES string of the molecule is O=C(c1ccc(OCC2CCCO2)c(Br)c1)N1CCCC1. The highest BCUT2D eigenvalue weighted by Gasteiger charge is 2.21. The molecule has 0 radical (unpaired) electrons. The van der Waals surface area contributed by atoms with Crippen molar-refractivity contribution in [1.29, 1.82) is 0 Å². The summed E-state index contributed by atoms with van der Waals surface area (Å²) in [5, 5.41) is 0. The molecule has 2 fully saturated rings. The normalized spacial score (nSPS) is 21.8. The smallest absolute Gasteiger partial charge is 0.253 e. The standard InChI is InChI=1S/C16H20BrNO3/c17-14-10-12(16(19)18-7-1-2-8-18)5-6-15(14)21-11-13-4-3-9-20-13/h5-6,10,13H,1-4,7-9,11H2. The molecule has 5 heteroatoms. The fourth-order valence-electron chi connectivity index (χ4n) is 2.81. The number of hydrogen-bond acceptors (Lipinski definition) is 3. The quantitative estimate of drug-likeness (QED) is 0.833. The van der Waals surface area contributed by atoms with E-state index in [0.29, 0.717) is 12.2 Å². The highest BCUT2D eigenvalue weighted by Crippen LogP contribution is 2.28. The number of halogens is 1. The molecule has 1 aromatic carbocycles. The molecule has 4 nitrogen and oxygen atoms in total. The van der Waals surface area contributed by atoms with E-state index in [9.17, 15) is 4.79 Å². The zero-order valence-corrected chi connectivity index (χ0v) is 13.6. The first-order chi connectivity index (χ1) is 10.2. The molecule has 1 atom stereocenters. The Morgan fingerprint density at radius 2 is 2.14 bits per heavy atom. The van der Waals surface area contributed by atoms with Gasteiger partial charge >= 0.3 is 0 Å². The van der Waals surface area contributed by atoms with Crippen LogP contribution in [0.25, 0.3) is 0 Å². The summed E-state index contributed by atoms with van der Waals surface area (Å²) in [4.78, 5) is 14.2. The number of carbonyl (C=O) groups is 1. The molecule has 2 heterocycles. The van der Waals surface area contributed by atoms with Gasteiger partial charge in [-0.3, -0.25) is 4.79 Å². The third kappa shape index (κ3) is 3.58. The molecule has 0 bridgehead atoms. The lowest BCUT2D eigenvalue weighted by Gasteiger charge is -2.17. The number of carbonyl (C=O) groups excluding carboxylic acids is 1. The Morgan fingerprint density at radius 3 is 2.81 bits per heavy atom. The summed E-state index contributed by atoms with van der Waals surface area (Å²) >= 11 is 3.50. The van der Waals surface area contributed by atoms with E-state index in [2.05, 4.69) is 15.9 Å². The second-order valence-electron chi connectivity index (χ2n) is 5.59. The van der Waals surface area contributed by atoms with E-state index < -0.39 is 0 Å². The van der Waals surface area contributed by atoms with Crippen molar-refractivity contribution in [2.45, 2.75) is 31.8 Å². The molecular formula is C16H20BrNO3. The van der Waals surface area contributed by atoms with Gasteiger partial charge in [-0.2, -0.15) is 0 Å². The summed E-state index contributed by atoms with van der Waals surface area (Å²) in [5.74, 6) is 0.877. The Balaban J connectivity index is 1.63. The molecule has 0 aromatic heterocycles. The van der Waals surface area contributed by atoms with Crippen molar-refractivity contribution in [3.8, 4) is 5.75 Å². The van der Waals surface area contributed by atoms with Crippen LogP contribution in [0.5, 0.6) is 5.75 Å². The van der Waals surface area contributed by atoms with E-state index in [0.717, 1.165) is 55.6 Å². The summed E-state index contributed by atoms with van der Waals surface area (Å²) in [7, 11) is 0. The average Bonchev–Trinajstić information content (AvgIpc) is 3.18. The van der Waals surface area contributed by atoms with Crippen molar-refractivity contribution in [3.05, 3.63) is 28.2 Å². The number of nitrogens with zero attached hydrogens (tertiary/aromatic N) is 1. The van der Waals surface area contributed by atoms with E-state index >= 15 is 0 Å². The van der Waals surface area contributed by atoms with E-state index in [1.807, 2.05) is 23.1 Å². The molecule has 1 amide bonds. The monoisotopic (exact) mass is 353 g/mol. The zero-order chi connectivity index (χ0) is 14.7. The number of rotatable bonds is 4. The highest BCUT2D eigenvalue weighted by atomic mass is 79.9. The predicted octanol–water partition coefficient (Wildman–Crippen LogP) is 3.24. The first kappa shape index (κ1) is 14.9. The Labute approximate surface area is 133 Å². The van der Waals surface area contributed by atoms with Gasteiger partial charge in [0.2, 0.25) is 0 Å². The molecule has 114 valence electrons. The summed E-state index contributed by atoms with van der Waals surface area (Å²) in [6.07, 6.45) is 4.58. The molecule has 0 spiro atoms. The van der Waals surface area contributed by atoms with E-state index in [4.69, 9.17) is 9.47 Å². The largest absolute Gasteiger partial charge is 0.490 e. The Morgan fingerprint density at radius 1 is 1.33 bits per heavy atom. The second kappa shape index (κ2) is 6.79. The molecule has 2 aliphatic rings. The summed E-state index contributed by atoms with van der Waals surface area (Å²) < 4.78 is 12.2. The lowest BCUT2D eigenvalue weighted by Crippen LogP contribution is -2.27. The lowest BCUT2D eigenvalue weighted by molar-refractivity contribution is 0.0676. The Bertz CT molecular complexity index is 508. The number of ether oxygens (including phenoxy) is 2. The van der Waals surface area contributed by atoms with Crippen molar-refractivity contribution in [1.82, 2.24) is 4.90 Å². The maximum Gasteiger partial charge on any atom is 0.253 e. The molecule has 2 saturated heterocycles. The van der Waals surface area contributed by atoms with Gasteiger partial charge in [-0.05, 0) is 59.8 Å². The van der Waals surface area contributed by atoms with Crippen LogP contribution in [0, 0.1) is 0 Å². The fourth-order valence-corrected chi connectivity index (χ4v) is 3.31. The number of hydrogen-bond donors (Lipinski definition) is 0. The van der Waals surface area contributed by atoms with Gasteiger partial charge in [0.1, 0.15) is 12.4 Å². The van der Waals surface area contributed by atoms with Crippen molar-refractivity contribution in [2.24, 2.45) is 0 Å². The minimum Gasteiger partial charge on any atom is -0.490 e. The molecule has 21 heavy (non-hydrogen) atoms. The van der Waals surface area contributed by atoms with Crippen LogP contribution >= 0.6 is 15.9 Å². The third-order valence-corrected chi connectivity index (χ3v) is 4.64. The van der Waals surface area contributed by atoms with E-state index in [1.165, 1.54) is 0 Å². The van der Waals surface area contributed by atoms with E-state index in [-0.39, 0.29) is 12.0 Å². The Hall–Kier alpha value is -1.07. The van der Waals surface area contributed by atoms with Crippen molar-refractivity contribution >= 4 is 21.8 Å². The number of benzene rings is 1. The second-order valence-corrected chi connectivity index (χ2v) is 6.44. The highest BCUT2D eigenvalue weighted by molar-refractivity contribution is 9.10. The fraction of sp³-hybridized carbons (Fsp3) is 0.562. The van der Waals surface area contributed by atoms with Gasteiger partial charge in [0.05, 0.1) is 10.6 Å². The molecule has 3 rings (SSSR count). The maximum absolute atomic E-state index is 12.3. The predicted molar refractivity (Wildman–Crippen MR) is 83.7 cm³/mol. The molecule has 0 saturated carbocycles. The van der Waals surface area contributed by atoms with E-state index in [1.54, 1.807) is 0 Å². The third-order valence-electron chi connectivity index (χ3n) is 4.02. The van der Waals surface area contributed by atoms with Crippen LogP contribution in [0.3, 0.4) is 0 Å². The van der Waals surface area contributed by atoms with Gasteiger partial charge in [-0.25, -0.2) is 0 Å². The number of likely N-dealkylation sites (tertiary alicyclic amines) is 1. The van der Waals surface area contributed by atoms with Gasteiger partial charge in [0.15, 0.2) is 0 Å². The first-order valence-corrected chi connectivity index (χ1v) is 8.36. The van der Waals surface area contributed by atoms with Crippen LogP contribution in [0.15, 0.2) is 22.7 Å². The van der Waals surface area contributed by atoms with Crippen LogP contribution in [-0.2, 0) is 4.74 Å². The van der Waals surface area contributed by atoms with Crippen molar-refractivity contribution in [3.63, 3.8) is 0 Å². The lowest BCUT2D eigenvalue weighted by atomic mass is 10.2. The van der Waals surface area contributed by atoms with Crippen molar-refractivity contribution in [2.75, 3.05) is 26.3 Å². The van der Waals surface area contributed by atoms with Crippen molar-refractivity contribution < 1.29 is 14.3 Å². The summed E-state index contributed by atoms with van der Waals surface area (Å²) in [6, 6.07) is 5.56. The molecule has 0 aliphatic carbocycles. The topological polar surface area (TPSA) is 38.8 Å². The van der Waals surface area contributed by atoms with Gasteiger partial charge in [-0.1, -0.05) is 0 Å². The van der Waals surface area contributed by atoms with Gasteiger partial charge in [0, 0.05) is 25.3 Å².